The second-order valence-corrected chi connectivity index (χ2v) is 3.74. The number of hydrogen-bond donors (Lipinski definition) is 3. The summed E-state index contributed by atoms with van der Waals surface area (Å²) < 4.78 is 5.06. The molecule has 0 aliphatic heterocycles. The van der Waals surface area contributed by atoms with Crippen molar-refractivity contribution in [2.75, 3.05) is 25.6 Å². The first-order valence-corrected chi connectivity index (χ1v) is 5.50. The molecule has 0 saturated heterocycles. The van der Waals surface area contributed by atoms with Crippen molar-refractivity contribution in [1.82, 2.24) is 0 Å². The summed E-state index contributed by atoms with van der Waals surface area (Å²) in [7, 11) is 1.61. The SMILES string of the molecule is C=C[C@@H](CO)[C@@H](CO)Nc1ccc(OC)cc1. The Hall–Kier alpha value is -1.52. The summed E-state index contributed by atoms with van der Waals surface area (Å²) in [5.74, 6) is 0.598. The molecular formula is C13H19NO3. The van der Waals surface area contributed by atoms with Gasteiger partial charge in [0, 0.05) is 11.6 Å². The molecule has 0 saturated carbocycles. The minimum Gasteiger partial charge on any atom is -0.497 e. The van der Waals surface area contributed by atoms with Gasteiger partial charge in [0.05, 0.1) is 26.4 Å². The van der Waals surface area contributed by atoms with Crippen LogP contribution in [0.4, 0.5) is 5.69 Å². The number of rotatable bonds is 7. The number of benzene rings is 1. The van der Waals surface area contributed by atoms with Crippen LogP contribution in [0.15, 0.2) is 36.9 Å². The monoisotopic (exact) mass is 237 g/mol. The van der Waals surface area contributed by atoms with Crippen LogP contribution in [0.3, 0.4) is 0 Å². The predicted molar refractivity (Wildman–Crippen MR) is 68.3 cm³/mol. The van der Waals surface area contributed by atoms with E-state index in [1.165, 1.54) is 0 Å². The molecule has 0 radical (unpaired) electrons. The lowest BCUT2D eigenvalue weighted by molar-refractivity contribution is 0.194. The normalized spacial score (nSPS) is 13.8. The van der Waals surface area contributed by atoms with Gasteiger partial charge in [0.25, 0.3) is 0 Å². The number of hydrogen-bond acceptors (Lipinski definition) is 4. The van der Waals surface area contributed by atoms with Crippen LogP contribution in [0.25, 0.3) is 0 Å². The molecule has 94 valence electrons. The Balaban J connectivity index is 2.69. The standard InChI is InChI=1S/C13H19NO3/c1-3-10(8-15)13(9-16)14-11-4-6-12(17-2)7-5-11/h3-7,10,13-16H,1,8-9H2,2H3/t10-,13+/m0/s1. The van der Waals surface area contributed by atoms with Crippen molar-refractivity contribution < 1.29 is 14.9 Å². The van der Waals surface area contributed by atoms with Gasteiger partial charge in [-0.2, -0.15) is 0 Å². The van der Waals surface area contributed by atoms with Crippen molar-refractivity contribution in [3.8, 4) is 5.75 Å². The van der Waals surface area contributed by atoms with Crippen LogP contribution >= 0.6 is 0 Å². The molecule has 3 N–H and O–H groups in total. The lowest BCUT2D eigenvalue weighted by Gasteiger charge is -2.23. The number of aliphatic hydroxyl groups is 2. The van der Waals surface area contributed by atoms with Crippen LogP contribution in [-0.4, -0.2) is 36.6 Å². The Bertz CT molecular complexity index is 337. The fraction of sp³-hybridized carbons (Fsp3) is 0.385. The summed E-state index contributed by atoms with van der Waals surface area (Å²) in [5, 5.41) is 21.6. The van der Waals surface area contributed by atoms with Gasteiger partial charge in [-0.05, 0) is 24.3 Å². The van der Waals surface area contributed by atoms with E-state index in [9.17, 15) is 5.11 Å². The molecule has 0 aliphatic carbocycles. The third-order valence-electron chi connectivity index (χ3n) is 2.67. The average Bonchev–Trinajstić information content (AvgIpc) is 2.39. The minimum absolute atomic E-state index is 0.0438. The minimum atomic E-state index is -0.245. The lowest BCUT2D eigenvalue weighted by atomic mass is 10.0. The molecule has 0 aliphatic rings. The third-order valence-corrected chi connectivity index (χ3v) is 2.67. The first-order valence-electron chi connectivity index (χ1n) is 5.50. The fourth-order valence-electron chi connectivity index (χ4n) is 1.56. The largest absolute Gasteiger partial charge is 0.497 e. The molecule has 2 atom stereocenters. The Kier molecular flexibility index (Phi) is 5.52. The van der Waals surface area contributed by atoms with Gasteiger partial charge < -0.3 is 20.3 Å². The summed E-state index contributed by atoms with van der Waals surface area (Å²) >= 11 is 0. The van der Waals surface area contributed by atoms with Crippen molar-refractivity contribution in [3.05, 3.63) is 36.9 Å². The van der Waals surface area contributed by atoms with Crippen molar-refractivity contribution in [3.63, 3.8) is 0 Å². The smallest absolute Gasteiger partial charge is 0.119 e. The molecule has 1 aromatic carbocycles. The number of ether oxygens (including phenoxy) is 1. The van der Waals surface area contributed by atoms with Crippen LogP contribution in [0.2, 0.25) is 0 Å². The number of methoxy groups -OCH3 is 1. The molecule has 0 bridgehead atoms. The maximum atomic E-state index is 9.27. The molecule has 0 heterocycles. The van der Waals surface area contributed by atoms with Crippen LogP contribution in [0.1, 0.15) is 0 Å². The Morgan fingerprint density at radius 3 is 2.35 bits per heavy atom. The van der Waals surface area contributed by atoms with E-state index in [0.717, 1.165) is 11.4 Å². The van der Waals surface area contributed by atoms with E-state index in [4.69, 9.17) is 9.84 Å². The molecule has 4 nitrogen and oxygen atoms in total. The molecule has 0 spiro atoms. The van der Waals surface area contributed by atoms with E-state index < -0.39 is 0 Å². The second kappa shape index (κ2) is 6.93. The van der Waals surface area contributed by atoms with Gasteiger partial charge in [-0.15, -0.1) is 6.58 Å². The van der Waals surface area contributed by atoms with Crippen molar-refractivity contribution >= 4 is 5.69 Å². The number of nitrogens with one attached hydrogen (secondary N) is 1. The van der Waals surface area contributed by atoms with Gasteiger partial charge in [-0.1, -0.05) is 6.08 Å². The molecular weight excluding hydrogens is 218 g/mol. The van der Waals surface area contributed by atoms with Crippen LogP contribution in [-0.2, 0) is 0 Å². The van der Waals surface area contributed by atoms with Crippen LogP contribution < -0.4 is 10.1 Å². The van der Waals surface area contributed by atoms with E-state index >= 15 is 0 Å². The van der Waals surface area contributed by atoms with Gasteiger partial charge in [-0.25, -0.2) is 0 Å². The zero-order chi connectivity index (χ0) is 12.7. The Morgan fingerprint density at radius 2 is 1.94 bits per heavy atom. The molecule has 0 amide bonds. The molecule has 17 heavy (non-hydrogen) atoms. The average molecular weight is 237 g/mol. The molecule has 4 heteroatoms. The summed E-state index contributed by atoms with van der Waals surface area (Å²) in [5.41, 5.74) is 0.866. The fourth-order valence-corrected chi connectivity index (χ4v) is 1.56. The maximum Gasteiger partial charge on any atom is 0.119 e. The summed E-state index contributed by atoms with van der Waals surface area (Å²) in [6.07, 6.45) is 1.64. The van der Waals surface area contributed by atoms with E-state index in [1.807, 2.05) is 24.3 Å². The molecule has 0 unspecified atom stereocenters. The first-order chi connectivity index (χ1) is 8.24. The highest BCUT2D eigenvalue weighted by Crippen LogP contribution is 2.17. The summed E-state index contributed by atoms with van der Waals surface area (Å²) in [4.78, 5) is 0. The highest BCUT2D eigenvalue weighted by atomic mass is 16.5. The first kappa shape index (κ1) is 13.5. The van der Waals surface area contributed by atoms with Gasteiger partial charge in [0.2, 0.25) is 0 Å². The zero-order valence-electron chi connectivity index (χ0n) is 9.97. The molecule has 1 aromatic rings. The van der Waals surface area contributed by atoms with Crippen molar-refractivity contribution in [2.45, 2.75) is 6.04 Å². The Labute approximate surface area is 102 Å². The van der Waals surface area contributed by atoms with Crippen molar-refractivity contribution in [1.29, 1.82) is 0 Å². The van der Waals surface area contributed by atoms with E-state index in [0.29, 0.717) is 0 Å². The van der Waals surface area contributed by atoms with Crippen molar-refractivity contribution in [2.24, 2.45) is 5.92 Å². The van der Waals surface area contributed by atoms with Crippen LogP contribution in [0.5, 0.6) is 5.75 Å². The van der Waals surface area contributed by atoms with Gasteiger partial charge in [0.15, 0.2) is 0 Å². The number of anilines is 1. The summed E-state index contributed by atoms with van der Waals surface area (Å²) in [6, 6.07) is 7.14. The Morgan fingerprint density at radius 1 is 1.29 bits per heavy atom. The zero-order valence-corrected chi connectivity index (χ0v) is 9.97. The van der Waals surface area contributed by atoms with Gasteiger partial charge >= 0.3 is 0 Å². The van der Waals surface area contributed by atoms with E-state index in [-0.39, 0.29) is 25.2 Å². The highest BCUT2D eigenvalue weighted by Gasteiger charge is 2.16. The lowest BCUT2D eigenvalue weighted by Crippen LogP contribution is -2.33. The predicted octanol–water partition coefficient (Wildman–Crippen LogP) is 1.26. The summed E-state index contributed by atoms with van der Waals surface area (Å²) in [6.45, 7) is 3.53. The second-order valence-electron chi connectivity index (χ2n) is 3.74. The third kappa shape index (κ3) is 3.76. The maximum absolute atomic E-state index is 9.27. The molecule has 1 rings (SSSR count). The topological polar surface area (TPSA) is 61.7 Å². The van der Waals surface area contributed by atoms with Gasteiger partial charge in [-0.3, -0.25) is 0 Å². The highest BCUT2D eigenvalue weighted by molar-refractivity contribution is 5.47. The van der Waals surface area contributed by atoms with Crippen LogP contribution in [0, 0.1) is 5.92 Å². The van der Waals surface area contributed by atoms with Gasteiger partial charge in [0.1, 0.15) is 5.75 Å². The quantitative estimate of drug-likeness (QED) is 0.625. The molecule has 0 aromatic heterocycles. The molecule has 0 fully saturated rings. The van der Waals surface area contributed by atoms with E-state index in [1.54, 1.807) is 13.2 Å². The number of aliphatic hydroxyl groups excluding tert-OH is 2. The van der Waals surface area contributed by atoms with E-state index in [2.05, 4.69) is 11.9 Å².